The van der Waals surface area contributed by atoms with E-state index in [1.54, 1.807) is 12.4 Å². The molecule has 0 atom stereocenters. The summed E-state index contributed by atoms with van der Waals surface area (Å²) in [6.07, 6.45) is 3.39. The highest BCUT2D eigenvalue weighted by atomic mass is 15.1. The van der Waals surface area contributed by atoms with E-state index in [0.29, 0.717) is 11.6 Å². The van der Waals surface area contributed by atoms with Gasteiger partial charge in [-0.15, -0.1) is 0 Å². The summed E-state index contributed by atoms with van der Waals surface area (Å²) >= 11 is 0. The zero-order chi connectivity index (χ0) is 10.6. The minimum Gasteiger partial charge on any atom is -0.300 e. The smallest absolute Gasteiger partial charge is 0.101 e. The standard InChI is InChI=1S/C11H15N3/c1-9(2)14(3)8-11-4-10(5-12)6-13-7-11/h4,6-7,9H,8H2,1-3H3. The van der Waals surface area contributed by atoms with Gasteiger partial charge in [0.2, 0.25) is 0 Å². The minimum absolute atomic E-state index is 0.501. The van der Waals surface area contributed by atoms with Gasteiger partial charge in [-0.25, -0.2) is 0 Å². The number of nitriles is 1. The van der Waals surface area contributed by atoms with Crippen LogP contribution >= 0.6 is 0 Å². The first-order chi connectivity index (χ1) is 6.63. The number of rotatable bonds is 3. The van der Waals surface area contributed by atoms with Crippen molar-refractivity contribution >= 4 is 0 Å². The van der Waals surface area contributed by atoms with Crippen LogP contribution in [0, 0.1) is 11.3 Å². The van der Waals surface area contributed by atoms with Gasteiger partial charge in [-0.3, -0.25) is 9.88 Å². The van der Waals surface area contributed by atoms with Crippen LogP contribution in [0.5, 0.6) is 0 Å². The Hall–Kier alpha value is -1.40. The molecular formula is C11H15N3. The van der Waals surface area contributed by atoms with Crippen LogP contribution in [0.2, 0.25) is 0 Å². The molecule has 0 amide bonds. The fourth-order valence-corrected chi connectivity index (χ4v) is 1.11. The highest BCUT2D eigenvalue weighted by Gasteiger charge is 2.04. The summed E-state index contributed by atoms with van der Waals surface area (Å²) in [5.41, 5.74) is 1.71. The molecule has 1 rings (SSSR count). The maximum atomic E-state index is 8.70. The highest BCUT2D eigenvalue weighted by Crippen LogP contribution is 2.06. The van der Waals surface area contributed by atoms with Gasteiger partial charge < -0.3 is 0 Å². The van der Waals surface area contributed by atoms with Gasteiger partial charge in [-0.1, -0.05) is 0 Å². The fraction of sp³-hybridized carbons (Fsp3) is 0.455. The average Bonchev–Trinajstić information content (AvgIpc) is 2.18. The van der Waals surface area contributed by atoms with E-state index in [1.807, 2.05) is 6.07 Å². The number of hydrogen-bond acceptors (Lipinski definition) is 3. The van der Waals surface area contributed by atoms with E-state index in [4.69, 9.17) is 5.26 Å². The molecule has 0 aliphatic carbocycles. The van der Waals surface area contributed by atoms with Crippen LogP contribution in [0.15, 0.2) is 18.5 Å². The topological polar surface area (TPSA) is 39.9 Å². The number of nitrogens with zero attached hydrogens (tertiary/aromatic N) is 3. The molecule has 3 nitrogen and oxygen atoms in total. The van der Waals surface area contributed by atoms with Crippen molar-refractivity contribution in [3.63, 3.8) is 0 Å². The Balaban J connectivity index is 2.73. The van der Waals surface area contributed by atoms with Gasteiger partial charge in [-0.05, 0) is 32.5 Å². The van der Waals surface area contributed by atoms with Crippen molar-refractivity contribution < 1.29 is 0 Å². The summed E-state index contributed by atoms with van der Waals surface area (Å²) in [4.78, 5) is 6.23. The summed E-state index contributed by atoms with van der Waals surface area (Å²) in [5, 5.41) is 8.70. The molecule has 1 heterocycles. The van der Waals surface area contributed by atoms with Crippen molar-refractivity contribution in [2.24, 2.45) is 0 Å². The predicted octanol–water partition coefficient (Wildman–Crippen LogP) is 1.79. The minimum atomic E-state index is 0.501. The van der Waals surface area contributed by atoms with Crippen molar-refractivity contribution in [3.8, 4) is 6.07 Å². The molecule has 0 aliphatic heterocycles. The van der Waals surface area contributed by atoms with Gasteiger partial charge in [0.1, 0.15) is 6.07 Å². The van der Waals surface area contributed by atoms with Gasteiger partial charge in [-0.2, -0.15) is 5.26 Å². The number of hydrogen-bond donors (Lipinski definition) is 0. The van der Waals surface area contributed by atoms with Crippen LogP contribution in [-0.2, 0) is 6.54 Å². The van der Waals surface area contributed by atoms with Gasteiger partial charge in [0.15, 0.2) is 0 Å². The zero-order valence-corrected chi connectivity index (χ0v) is 8.86. The second kappa shape index (κ2) is 4.73. The van der Waals surface area contributed by atoms with E-state index in [2.05, 4.69) is 36.8 Å². The quantitative estimate of drug-likeness (QED) is 0.727. The first-order valence-electron chi connectivity index (χ1n) is 4.67. The van der Waals surface area contributed by atoms with Crippen LogP contribution in [-0.4, -0.2) is 23.0 Å². The normalized spacial score (nSPS) is 10.6. The van der Waals surface area contributed by atoms with Crippen LogP contribution in [0.1, 0.15) is 25.0 Å². The molecule has 0 bridgehead atoms. The Kier molecular flexibility index (Phi) is 3.61. The molecule has 1 aromatic rings. The third-order valence-electron chi connectivity index (χ3n) is 2.24. The van der Waals surface area contributed by atoms with Gasteiger partial charge in [0.25, 0.3) is 0 Å². The molecule has 0 aliphatic rings. The van der Waals surface area contributed by atoms with Crippen molar-refractivity contribution in [3.05, 3.63) is 29.6 Å². The molecule has 0 spiro atoms. The molecule has 1 aromatic heterocycles. The molecule has 3 heteroatoms. The first-order valence-corrected chi connectivity index (χ1v) is 4.67. The van der Waals surface area contributed by atoms with Gasteiger partial charge >= 0.3 is 0 Å². The summed E-state index contributed by atoms with van der Waals surface area (Å²) in [5.74, 6) is 0. The fourth-order valence-electron chi connectivity index (χ4n) is 1.11. The molecule has 0 saturated carbocycles. The Bertz CT molecular complexity index is 339. The van der Waals surface area contributed by atoms with E-state index in [9.17, 15) is 0 Å². The Morgan fingerprint density at radius 3 is 2.79 bits per heavy atom. The molecule has 0 fully saturated rings. The van der Waals surface area contributed by atoms with Crippen LogP contribution < -0.4 is 0 Å². The number of aromatic nitrogens is 1. The van der Waals surface area contributed by atoms with Crippen molar-refractivity contribution in [1.29, 1.82) is 5.26 Å². The monoisotopic (exact) mass is 189 g/mol. The van der Waals surface area contributed by atoms with E-state index >= 15 is 0 Å². The Morgan fingerprint density at radius 2 is 2.21 bits per heavy atom. The molecule has 74 valence electrons. The second-order valence-electron chi connectivity index (χ2n) is 3.70. The molecule has 14 heavy (non-hydrogen) atoms. The highest BCUT2D eigenvalue weighted by molar-refractivity contribution is 5.28. The van der Waals surface area contributed by atoms with Gasteiger partial charge in [0.05, 0.1) is 5.56 Å². The van der Waals surface area contributed by atoms with E-state index in [0.717, 1.165) is 12.1 Å². The lowest BCUT2D eigenvalue weighted by atomic mass is 10.2. The average molecular weight is 189 g/mol. The van der Waals surface area contributed by atoms with E-state index in [-0.39, 0.29) is 0 Å². The Labute approximate surface area is 85.0 Å². The van der Waals surface area contributed by atoms with E-state index in [1.165, 1.54) is 0 Å². The van der Waals surface area contributed by atoms with Crippen molar-refractivity contribution in [1.82, 2.24) is 9.88 Å². The molecule has 0 radical (unpaired) electrons. The second-order valence-corrected chi connectivity index (χ2v) is 3.70. The SMILES string of the molecule is CC(C)N(C)Cc1cncc(C#N)c1. The number of pyridine rings is 1. The lowest BCUT2D eigenvalue weighted by Gasteiger charge is -2.20. The first kappa shape index (κ1) is 10.7. The van der Waals surface area contributed by atoms with Crippen LogP contribution in [0.3, 0.4) is 0 Å². The summed E-state index contributed by atoms with van der Waals surface area (Å²) in [6, 6.07) is 4.47. The maximum absolute atomic E-state index is 8.70. The molecule has 0 unspecified atom stereocenters. The van der Waals surface area contributed by atoms with Crippen molar-refractivity contribution in [2.45, 2.75) is 26.4 Å². The molecular weight excluding hydrogens is 174 g/mol. The van der Waals surface area contributed by atoms with Crippen LogP contribution in [0.25, 0.3) is 0 Å². The lowest BCUT2D eigenvalue weighted by Crippen LogP contribution is -2.25. The summed E-state index contributed by atoms with van der Waals surface area (Å²) in [7, 11) is 2.06. The molecule has 0 N–H and O–H groups in total. The Morgan fingerprint density at radius 1 is 1.50 bits per heavy atom. The lowest BCUT2D eigenvalue weighted by molar-refractivity contribution is 0.265. The molecule has 0 aromatic carbocycles. The maximum Gasteiger partial charge on any atom is 0.101 e. The molecule has 0 saturated heterocycles. The summed E-state index contributed by atoms with van der Waals surface area (Å²) in [6.45, 7) is 5.11. The third kappa shape index (κ3) is 2.82. The zero-order valence-electron chi connectivity index (χ0n) is 8.86. The summed E-state index contributed by atoms with van der Waals surface area (Å²) < 4.78 is 0. The van der Waals surface area contributed by atoms with E-state index < -0.39 is 0 Å². The largest absolute Gasteiger partial charge is 0.300 e. The van der Waals surface area contributed by atoms with Gasteiger partial charge in [0, 0.05) is 25.0 Å². The third-order valence-corrected chi connectivity index (χ3v) is 2.24. The van der Waals surface area contributed by atoms with Crippen molar-refractivity contribution in [2.75, 3.05) is 7.05 Å². The van der Waals surface area contributed by atoms with Crippen LogP contribution in [0.4, 0.5) is 0 Å². The predicted molar refractivity (Wildman–Crippen MR) is 55.6 cm³/mol.